The fraction of sp³-hybridized carbons (Fsp3) is 0.833. The molecule has 2 amide bonds. The highest BCUT2D eigenvalue weighted by atomic mass is 16.5. The molecule has 7 heteroatoms. The van der Waals surface area contributed by atoms with Gasteiger partial charge in [-0.05, 0) is 12.3 Å². The van der Waals surface area contributed by atoms with Gasteiger partial charge in [0, 0.05) is 25.4 Å². The maximum Gasteiger partial charge on any atom is 0.325 e. The minimum Gasteiger partial charge on any atom is -0.468 e. The van der Waals surface area contributed by atoms with Gasteiger partial charge in [0.2, 0.25) is 11.8 Å². The molecule has 7 nitrogen and oxygen atoms in total. The number of amides is 2. The molecule has 2 rings (SSSR count). The van der Waals surface area contributed by atoms with Crippen LogP contribution in [0.15, 0.2) is 0 Å². The molecule has 0 bridgehead atoms. The minimum absolute atomic E-state index is 0.00247. The number of carbonyl (C=O) groups excluding carboxylic acids is 3. The van der Waals surface area contributed by atoms with E-state index in [9.17, 15) is 14.4 Å². The summed E-state index contributed by atoms with van der Waals surface area (Å²) in [6.07, 6.45) is 6.78. The molecule has 2 fully saturated rings. The Morgan fingerprint density at radius 2 is 1.84 bits per heavy atom. The molecule has 1 N–H and O–H groups in total. The van der Waals surface area contributed by atoms with Gasteiger partial charge in [-0.3, -0.25) is 14.4 Å². The van der Waals surface area contributed by atoms with Gasteiger partial charge in [-0.2, -0.15) is 0 Å². The molecule has 0 aromatic heterocycles. The van der Waals surface area contributed by atoms with Gasteiger partial charge in [0.05, 0.1) is 20.3 Å². The molecule has 1 atom stereocenters. The topological polar surface area (TPSA) is 84.9 Å². The van der Waals surface area contributed by atoms with E-state index in [-0.39, 0.29) is 30.7 Å². The van der Waals surface area contributed by atoms with Crippen LogP contribution >= 0.6 is 0 Å². The van der Waals surface area contributed by atoms with Crippen molar-refractivity contribution in [1.82, 2.24) is 10.2 Å². The lowest BCUT2D eigenvalue weighted by atomic mass is 9.81. The quantitative estimate of drug-likeness (QED) is 0.692. The van der Waals surface area contributed by atoms with E-state index >= 15 is 0 Å². The molecule has 0 spiro atoms. The monoisotopic (exact) mass is 354 g/mol. The summed E-state index contributed by atoms with van der Waals surface area (Å²) in [6, 6.07) is 0. The summed E-state index contributed by atoms with van der Waals surface area (Å²) in [6.45, 7) is 2.11. The molecule has 1 saturated heterocycles. The third-order valence-electron chi connectivity index (χ3n) is 5.13. The van der Waals surface area contributed by atoms with Crippen molar-refractivity contribution in [2.24, 2.45) is 11.8 Å². The van der Waals surface area contributed by atoms with Crippen LogP contribution in [0.1, 0.15) is 44.9 Å². The van der Waals surface area contributed by atoms with Crippen molar-refractivity contribution in [3.63, 3.8) is 0 Å². The van der Waals surface area contributed by atoms with Crippen molar-refractivity contribution in [3.05, 3.63) is 0 Å². The van der Waals surface area contributed by atoms with E-state index in [0.29, 0.717) is 38.6 Å². The van der Waals surface area contributed by atoms with Crippen LogP contribution in [0.2, 0.25) is 0 Å². The normalized spacial score (nSPS) is 20.0. The number of hydrogen-bond donors (Lipinski definition) is 1. The molecule has 1 heterocycles. The Bertz CT molecular complexity index is 456. The lowest BCUT2D eigenvalue weighted by Gasteiger charge is -2.30. The first-order valence-corrected chi connectivity index (χ1v) is 9.30. The molecule has 1 saturated carbocycles. The van der Waals surface area contributed by atoms with E-state index in [2.05, 4.69) is 10.1 Å². The SMILES string of the molecule is COC(=O)CNC(=O)[C@@H](CC(=O)N1CCOCC1)CC1CCCCC1. The fourth-order valence-corrected chi connectivity index (χ4v) is 3.64. The van der Waals surface area contributed by atoms with E-state index in [1.165, 1.54) is 26.4 Å². The Morgan fingerprint density at radius 3 is 2.48 bits per heavy atom. The number of carbonyl (C=O) groups is 3. The number of nitrogens with zero attached hydrogens (tertiary/aromatic N) is 1. The zero-order chi connectivity index (χ0) is 18.1. The number of ether oxygens (including phenoxy) is 2. The van der Waals surface area contributed by atoms with E-state index in [1.54, 1.807) is 4.90 Å². The first kappa shape index (κ1) is 19.7. The number of methoxy groups -OCH3 is 1. The van der Waals surface area contributed by atoms with Gasteiger partial charge in [0.15, 0.2) is 0 Å². The van der Waals surface area contributed by atoms with Crippen molar-refractivity contribution in [2.45, 2.75) is 44.9 Å². The Hall–Kier alpha value is -1.63. The summed E-state index contributed by atoms with van der Waals surface area (Å²) in [4.78, 5) is 38.1. The fourth-order valence-electron chi connectivity index (χ4n) is 3.64. The summed E-state index contributed by atoms with van der Waals surface area (Å²) in [5.41, 5.74) is 0. The Labute approximate surface area is 149 Å². The van der Waals surface area contributed by atoms with E-state index < -0.39 is 5.97 Å². The molecule has 0 radical (unpaired) electrons. The Kier molecular flexibility index (Phi) is 8.18. The molecule has 0 unspecified atom stereocenters. The minimum atomic E-state index is -0.482. The zero-order valence-corrected chi connectivity index (χ0v) is 15.1. The summed E-state index contributed by atoms with van der Waals surface area (Å²) >= 11 is 0. The summed E-state index contributed by atoms with van der Waals surface area (Å²) in [7, 11) is 1.29. The average molecular weight is 354 g/mol. The van der Waals surface area contributed by atoms with Gasteiger partial charge in [-0.25, -0.2) is 0 Å². The number of hydrogen-bond acceptors (Lipinski definition) is 5. The smallest absolute Gasteiger partial charge is 0.325 e. The van der Waals surface area contributed by atoms with Crippen LogP contribution in [-0.2, 0) is 23.9 Å². The molecule has 1 aliphatic heterocycles. The maximum atomic E-state index is 12.5. The Balaban J connectivity index is 1.92. The van der Waals surface area contributed by atoms with E-state index in [4.69, 9.17) is 4.74 Å². The van der Waals surface area contributed by atoms with Crippen molar-refractivity contribution in [1.29, 1.82) is 0 Å². The third kappa shape index (κ3) is 6.65. The van der Waals surface area contributed by atoms with Crippen LogP contribution in [0, 0.1) is 11.8 Å². The zero-order valence-electron chi connectivity index (χ0n) is 15.1. The van der Waals surface area contributed by atoms with Gasteiger partial charge in [0.25, 0.3) is 0 Å². The highest BCUT2D eigenvalue weighted by Crippen LogP contribution is 2.30. The lowest BCUT2D eigenvalue weighted by molar-refractivity contribution is -0.142. The molecular formula is C18H30N2O5. The largest absolute Gasteiger partial charge is 0.468 e. The molecule has 0 aromatic carbocycles. The second kappa shape index (κ2) is 10.4. The molecular weight excluding hydrogens is 324 g/mol. The number of morpholine rings is 1. The van der Waals surface area contributed by atoms with E-state index in [1.807, 2.05) is 0 Å². The summed E-state index contributed by atoms with van der Waals surface area (Å²) in [5, 5.41) is 2.62. The molecule has 2 aliphatic rings. The molecule has 0 aromatic rings. The van der Waals surface area contributed by atoms with Gasteiger partial charge < -0.3 is 19.7 Å². The number of esters is 1. The highest BCUT2D eigenvalue weighted by Gasteiger charge is 2.29. The van der Waals surface area contributed by atoms with Gasteiger partial charge in [-0.1, -0.05) is 32.1 Å². The van der Waals surface area contributed by atoms with Crippen molar-refractivity contribution in [3.8, 4) is 0 Å². The maximum absolute atomic E-state index is 12.5. The predicted octanol–water partition coefficient (Wildman–Crippen LogP) is 1.11. The third-order valence-corrected chi connectivity index (χ3v) is 5.13. The van der Waals surface area contributed by atoms with Crippen molar-refractivity contribution < 1.29 is 23.9 Å². The summed E-state index contributed by atoms with van der Waals surface area (Å²) < 4.78 is 9.84. The second-order valence-corrected chi connectivity index (χ2v) is 6.93. The first-order chi connectivity index (χ1) is 12.1. The highest BCUT2D eigenvalue weighted by molar-refractivity contribution is 5.87. The lowest BCUT2D eigenvalue weighted by Crippen LogP contribution is -2.43. The molecule has 25 heavy (non-hydrogen) atoms. The van der Waals surface area contributed by atoms with Crippen LogP contribution in [0.4, 0.5) is 0 Å². The molecule has 142 valence electrons. The van der Waals surface area contributed by atoms with E-state index in [0.717, 1.165) is 12.8 Å². The van der Waals surface area contributed by atoms with Crippen molar-refractivity contribution in [2.75, 3.05) is 40.0 Å². The molecule has 1 aliphatic carbocycles. The number of nitrogens with one attached hydrogen (secondary N) is 1. The standard InChI is InChI=1S/C18H30N2O5/c1-24-17(22)13-19-18(23)15(11-14-5-3-2-4-6-14)12-16(21)20-7-9-25-10-8-20/h14-15H,2-13H2,1H3,(H,19,23)/t15-/m1/s1. The number of rotatable bonds is 7. The van der Waals surface area contributed by atoms with Crippen LogP contribution < -0.4 is 5.32 Å². The van der Waals surface area contributed by atoms with Gasteiger partial charge in [-0.15, -0.1) is 0 Å². The first-order valence-electron chi connectivity index (χ1n) is 9.30. The average Bonchev–Trinajstić information content (AvgIpc) is 2.66. The predicted molar refractivity (Wildman–Crippen MR) is 91.7 cm³/mol. The Morgan fingerprint density at radius 1 is 1.16 bits per heavy atom. The van der Waals surface area contributed by atoms with Gasteiger partial charge >= 0.3 is 5.97 Å². The summed E-state index contributed by atoms with van der Waals surface area (Å²) in [5.74, 6) is -0.609. The van der Waals surface area contributed by atoms with Gasteiger partial charge in [0.1, 0.15) is 6.54 Å². The second-order valence-electron chi connectivity index (χ2n) is 6.93. The van der Waals surface area contributed by atoms with Crippen LogP contribution in [-0.4, -0.2) is 62.6 Å². The van der Waals surface area contributed by atoms with Crippen LogP contribution in [0.3, 0.4) is 0 Å². The van der Waals surface area contributed by atoms with Crippen molar-refractivity contribution >= 4 is 17.8 Å². The van der Waals surface area contributed by atoms with Crippen LogP contribution in [0.5, 0.6) is 0 Å². The van der Waals surface area contributed by atoms with Crippen LogP contribution in [0.25, 0.3) is 0 Å².